The summed E-state index contributed by atoms with van der Waals surface area (Å²) in [6, 6.07) is 11.9. The fourth-order valence-electron chi connectivity index (χ4n) is 3.54. The van der Waals surface area contributed by atoms with Crippen LogP contribution in [-0.2, 0) is 4.79 Å². The first-order valence-corrected chi connectivity index (χ1v) is 10.2. The molecule has 0 bridgehead atoms. The Morgan fingerprint density at radius 1 is 1.11 bits per heavy atom. The Balaban J connectivity index is 1.63. The molecule has 0 aliphatic carbocycles. The highest BCUT2D eigenvalue weighted by molar-refractivity contribution is 8.04. The molecule has 1 saturated heterocycles. The van der Waals surface area contributed by atoms with E-state index in [1.165, 1.54) is 29.1 Å². The average Bonchev–Trinajstić information content (AvgIpc) is 2.73. The number of benzene rings is 2. The first-order valence-electron chi connectivity index (χ1n) is 9.40. The summed E-state index contributed by atoms with van der Waals surface area (Å²) in [7, 11) is 1.69. The van der Waals surface area contributed by atoms with E-state index in [9.17, 15) is 14.0 Å². The van der Waals surface area contributed by atoms with Crippen LogP contribution in [-0.4, -0.2) is 36.9 Å². The summed E-state index contributed by atoms with van der Waals surface area (Å²) in [4.78, 5) is 30.3. The van der Waals surface area contributed by atoms with Gasteiger partial charge in [-0.1, -0.05) is 30.0 Å². The fraction of sp³-hybridized carbons (Fsp3) is 0.273. The Morgan fingerprint density at radius 3 is 2.61 bits per heavy atom. The molecule has 0 saturated carbocycles. The Morgan fingerprint density at radius 2 is 1.86 bits per heavy atom. The highest BCUT2D eigenvalue weighted by atomic mass is 32.2. The molecule has 0 unspecified atom stereocenters. The third-order valence-corrected chi connectivity index (χ3v) is 6.22. The predicted octanol–water partition coefficient (Wildman–Crippen LogP) is 4.56. The molecule has 2 aliphatic heterocycles. The summed E-state index contributed by atoms with van der Waals surface area (Å²) in [6.45, 7) is 1.57. The normalized spacial score (nSPS) is 18.4. The molecule has 0 spiro atoms. The van der Waals surface area contributed by atoms with Crippen LogP contribution in [0.25, 0.3) is 6.08 Å². The lowest BCUT2D eigenvalue weighted by molar-refractivity contribution is -0.114. The van der Waals surface area contributed by atoms with Crippen molar-refractivity contribution in [2.24, 2.45) is 0 Å². The number of anilines is 1. The van der Waals surface area contributed by atoms with Crippen LogP contribution >= 0.6 is 11.8 Å². The van der Waals surface area contributed by atoms with Crippen LogP contribution in [0.15, 0.2) is 52.3 Å². The number of carbonyl (C=O) groups is 2. The van der Waals surface area contributed by atoms with Gasteiger partial charge in [0, 0.05) is 36.2 Å². The van der Waals surface area contributed by atoms with E-state index in [0.29, 0.717) is 21.7 Å². The van der Waals surface area contributed by atoms with Gasteiger partial charge in [-0.25, -0.2) is 4.39 Å². The number of fused-ring (bicyclic) bond motifs is 1. The number of nitrogens with zero attached hydrogens (tertiary/aromatic N) is 2. The molecule has 0 atom stereocenters. The molecule has 4 nitrogen and oxygen atoms in total. The van der Waals surface area contributed by atoms with Crippen molar-refractivity contribution >= 4 is 35.3 Å². The zero-order valence-electron chi connectivity index (χ0n) is 15.7. The minimum atomic E-state index is -0.362. The Labute approximate surface area is 168 Å². The molecule has 144 valence electrons. The molecule has 0 radical (unpaired) electrons. The molecule has 1 fully saturated rings. The zero-order chi connectivity index (χ0) is 19.7. The Kier molecular flexibility index (Phi) is 5.22. The summed E-state index contributed by atoms with van der Waals surface area (Å²) in [5, 5.41) is 0. The van der Waals surface area contributed by atoms with Crippen molar-refractivity contribution in [2.45, 2.75) is 24.2 Å². The van der Waals surface area contributed by atoms with Crippen LogP contribution in [0.2, 0.25) is 0 Å². The molecule has 0 aromatic heterocycles. The summed E-state index contributed by atoms with van der Waals surface area (Å²) in [6.07, 6.45) is 4.82. The fourth-order valence-corrected chi connectivity index (χ4v) is 4.62. The monoisotopic (exact) mass is 396 g/mol. The maximum Gasteiger partial charge on any atom is 0.264 e. The third kappa shape index (κ3) is 3.56. The van der Waals surface area contributed by atoms with E-state index in [1.54, 1.807) is 37.4 Å². The van der Waals surface area contributed by atoms with Gasteiger partial charge >= 0.3 is 0 Å². The third-order valence-electron chi connectivity index (χ3n) is 5.14. The van der Waals surface area contributed by atoms with E-state index in [4.69, 9.17) is 0 Å². The van der Waals surface area contributed by atoms with Crippen LogP contribution < -0.4 is 4.90 Å². The van der Waals surface area contributed by atoms with Crippen LogP contribution in [0.1, 0.15) is 35.2 Å². The number of piperidine rings is 1. The van der Waals surface area contributed by atoms with Crippen LogP contribution in [0.4, 0.5) is 10.1 Å². The van der Waals surface area contributed by atoms with E-state index in [-0.39, 0.29) is 17.6 Å². The molecule has 2 aromatic carbocycles. The van der Waals surface area contributed by atoms with Crippen molar-refractivity contribution in [1.29, 1.82) is 0 Å². The number of likely N-dealkylation sites (N-methyl/N-ethyl adjacent to an activating group) is 1. The van der Waals surface area contributed by atoms with Crippen LogP contribution in [0.5, 0.6) is 0 Å². The summed E-state index contributed by atoms with van der Waals surface area (Å²) < 4.78 is 14.0. The van der Waals surface area contributed by atoms with Gasteiger partial charge in [0.2, 0.25) is 0 Å². The van der Waals surface area contributed by atoms with Crippen molar-refractivity contribution in [3.05, 3.63) is 64.3 Å². The smallest absolute Gasteiger partial charge is 0.264 e. The van der Waals surface area contributed by atoms with E-state index < -0.39 is 0 Å². The lowest BCUT2D eigenvalue weighted by Gasteiger charge is -2.29. The highest BCUT2D eigenvalue weighted by Crippen LogP contribution is 2.42. The standard InChI is InChI=1S/C22H21FN2O2S/c1-24-18-13-16(21(26)25-11-5-2-6-12-25)9-10-19(18)28-20(22(24)27)14-15-7-3-4-8-17(15)23/h3-4,7-10,13-14H,2,5-6,11-12H2,1H3. The second-order valence-corrected chi connectivity index (χ2v) is 8.12. The SMILES string of the molecule is CN1C(=O)C(=Cc2ccccc2F)Sc2ccc(C(=O)N3CCCCC3)cc21. The van der Waals surface area contributed by atoms with Gasteiger partial charge in [0.25, 0.3) is 11.8 Å². The van der Waals surface area contributed by atoms with Crippen molar-refractivity contribution in [3.63, 3.8) is 0 Å². The Bertz CT molecular complexity index is 967. The van der Waals surface area contributed by atoms with Crippen molar-refractivity contribution in [3.8, 4) is 0 Å². The molecular formula is C22H21FN2O2S. The van der Waals surface area contributed by atoms with Gasteiger partial charge in [-0.2, -0.15) is 0 Å². The van der Waals surface area contributed by atoms with E-state index in [1.807, 2.05) is 17.0 Å². The van der Waals surface area contributed by atoms with Crippen molar-refractivity contribution in [2.75, 3.05) is 25.0 Å². The molecular weight excluding hydrogens is 375 g/mol. The van der Waals surface area contributed by atoms with Crippen LogP contribution in [0.3, 0.4) is 0 Å². The number of thioether (sulfide) groups is 1. The van der Waals surface area contributed by atoms with Gasteiger partial charge < -0.3 is 9.80 Å². The van der Waals surface area contributed by atoms with E-state index >= 15 is 0 Å². The van der Waals surface area contributed by atoms with Crippen LogP contribution in [0, 0.1) is 5.82 Å². The molecule has 2 aliphatic rings. The molecule has 2 heterocycles. The first-order chi connectivity index (χ1) is 13.5. The molecule has 4 rings (SSSR count). The topological polar surface area (TPSA) is 40.6 Å². The predicted molar refractivity (Wildman–Crippen MR) is 110 cm³/mol. The van der Waals surface area contributed by atoms with Gasteiger partial charge in [-0.3, -0.25) is 9.59 Å². The van der Waals surface area contributed by atoms with Crippen molar-refractivity contribution < 1.29 is 14.0 Å². The maximum absolute atomic E-state index is 14.0. The second-order valence-electron chi connectivity index (χ2n) is 7.03. The largest absolute Gasteiger partial charge is 0.339 e. The number of rotatable bonds is 2. The summed E-state index contributed by atoms with van der Waals surface area (Å²) >= 11 is 1.31. The number of hydrogen-bond acceptors (Lipinski definition) is 3. The first kappa shape index (κ1) is 18.7. The van der Waals surface area contributed by atoms with Gasteiger partial charge in [0.15, 0.2) is 0 Å². The zero-order valence-corrected chi connectivity index (χ0v) is 16.5. The average molecular weight is 396 g/mol. The number of hydrogen-bond donors (Lipinski definition) is 0. The number of amides is 2. The number of likely N-dealkylation sites (tertiary alicyclic amines) is 1. The van der Waals surface area contributed by atoms with Gasteiger partial charge in [-0.05, 0) is 49.6 Å². The molecule has 28 heavy (non-hydrogen) atoms. The summed E-state index contributed by atoms with van der Waals surface area (Å²) in [5.74, 6) is -0.552. The minimum Gasteiger partial charge on any atom is -0.339 e. The lowest BCUT2D eigenvalue weighted by Crippen LogP contribution is -2.36. The Hall–Kier alpha value is -2.60. The summed E-state index contributed by atoms with van der Waals surface area (Å²) in [5.41, 5.74) is 1.69. The van der Waals surface area contributed by atoms with Crippen molar-refractivity contribution in [1.82, 2.24) is 4.90 Å². The molecule has 0 N–H and O–H groups in total. The minimum absolute atomic E-state index is 0.0149. The van der Waals surface area contributed by atoms with E-state index in [0.717, 1.165) is 30.8 Å². The lowest BCUT2D eigenvalue weighted by atomic mass is 10.1. The quantitative estimate of drug-likeness (QED) is 0.699. The maximum atomic E-state index is 14.0. The van der Waals surface area contributed by atoms with Gasteiger partial charge in [0.1, 0.15) is 5.82 Å². The highest BCUT2D eigenvalue weighted by Gasteiger charge is 2.28. The molecule has 2 amide bonds. The number of halogens is 1. The molecule has 2 aromatic rings. The van der Waals surface area contributed by atoms with Gasteiger partial charge in [-0.15, -0.1) is 0 Å². The molecule has 6 heteroatoms. The second kappa shape index (κ2) is 7.80. The number of carbonyl (C=O) groups excluding carboxylic acids is 2. The van der Waals surface area contributed by atoms with E-state index in [2.05, 4.69) is 0 Å². The van der Waals surface area contributed by atoms with Gasteiger partial charge in [0.05, 0.1) is 10.6 Å².